The molecule has 22 heavy (non-hydrogen) atoms. The predicted molar refractivity (Wildman–Crippen MR) is 86.9 cm³/mol. The summed E-state index contributed by atoms with van der Waals surface area (Å²) in [6.07, 6.45) is 1.52. The molecule has 0 spiro atoms. The lowest BCUT2D eigenvalue weighted by Crippen LogP contribution is -2.39. The molecule has 0 aromatic heterocycles. The quantitative estimate of drug-likeness (QED) is 0.734. The Morgan fingerprint density at radius 1 is 0.955 bits per heavy atom. The first-order chi connectivity index (χ1) is 9.93. The first-order valence-electron chi connectivity index (χ1n) is 7.89. The van der Waals surface area contributed by atoms with Gasteiger partial charge in [-0.3, -0.25) is 0 Å². The standard InChI is InChI=1S/C16H32N2O4/c1-8-12(18-14(20)22-16(5,6)7)10-9-11-17-13(19)21-15(2,3)4/h12H,8-11H2,1-7H3,(H,17,19)(H,18,20). The van der Waals surface area contributed by atoms with E-state index in [1.165, 1.54) is 0 Å². The highest BCUT2D eigenvalue weighted by atomic mass is 16.6. The molecule has 6 heteroatoms. The molecule has 0 aromatic rings. The highest BCUT2D eigenvalue weighted by Crippen LogP contribution is 2.09. The van der Waals surface area contributed by atoms with Crippen LogP contribution >= 0.6 is 0 Å². The van der Waals surface area contributed by atoms with E-state index in [-0.39, 0.29) is 6.04 Å². The number of carbonyl (C=O) groups is 2. The zero-order chi connectivity index (χ0) is 17.4. The van der Waals surface area contributed by atoms with Crippen LogP contribution in [0.1, 0.15) is 67.7 Å². The third-order valence-electron chi connectivity index (χ3n) is 2.61. The fourth-order valence-electron chi connectivity index (χ4n) is 1.71. The van der Waals surface area contributed by atoms with Gasteiger partial charge in [0.25, 0.3) is 0 Å². The number of hydrogen-bond donors (Lipinski definition) is 2. The molecule has 0 fully saturated rings. The molecular formula is C16H32N2O4. The normalized spacial score (nSPS) is 13.2. The summed E-state index contributed by atoms with van der Waals surface area (Å²) >= 11 is 0. The van der Waals surface area contributed by atoms with E-state index in [4.69, 9.17) is 9.47 Å². The number of hydrogen-bond acceptors (Lipinski definition) is 4. The van der Waals surface area contributed by atoms with Crippen molar-refractivity contribution in [3.63, 3.8) is 0 Å². The molecule has 0 heterocycles. The summed E-state index contributed by atoms with van der Waals surface area (Å²) in [5.41, 5.74) is -0.991. The second kappa shape index (κ2) is 8.86. The molecule has 0 aliphatic rings. The Morgan fingerprint density at radius 2 is 1.45 bits per heavy atom. The minimum atomic E-state index is -0.499. The Balaban J connectivity index is 3.96. The van der Waals surface area contributed by atoms with Gasteiger partial charge in [-0.05, 0) is 60.8 Å². The topological polar surface area (TPSA) is 76.7 Å². The van der Waals surface area contributed by atoms with E-state index in [2.05, 4.69) is 10.6 Å². The smallest absolute Gasteiger partial charge is 0.407 e. The minimum absolute atomic E-state index is 0.0373. The molecule has 6 nitrogen and oxygen atoms in total. The van der Waals surface area contributed by atoms with Gasteiger partial charge in [-0.1, -0.05) is 6.92 Å². The Morgan fingerprint density at radius 3 is 1.91 bits per heavy atom. The number of alkyl carbamates (subject to hydrolysis) is 2. The van der Waals surface area contributed by atoms with Crippen molar-refractivity contribution in [2.24, 2.45) is 0 Å². The fourth-order valence-corrected chi connectivity index (χ4v) is 1.71. The van der Waals surface area contributed by atoms with Crippen LogP contribution in [-0.4, -0.2) is 36.0 Å². The van der Waals surface area contributed by atoms with E-state index in [0.29, 0.717) is 6.54 Å². The Kier molecular flexibility index (Phi) is 8.27. The van der Waals surface area contributed by atoms with Gasteiger partial charge in [0, 0.05) is 12.6 Å². The largest absolute Gasteiger partial charge is 0.444 e. The number of ether oxygens (including phenoxy) is 2. The maximum atomic E-state index is 11.7. The molecule has 2 amide bonds. The van der Waals surface area contributed by atoms with Gasteiger partial charge in [-0.2, -0.15) is 0 Å². The predicted octanol–water partition coefficient (Wildman–Crippen LogP) is 3.59. The number of amides is 2. The first kappa shape index (κ1) is 20.5. The molecular weight excluding hydrogens is 284 g/mol. The van der Waals surface area contributed by atoms with Crippen molar-refractivity contribution >= 4 is 12.2 Å². The maximum Gasteiger partial charge on any atom is 0.407 e. The number of nitrogens with one attached hydrogen (secondary N) is 2. The fraction of sp³-hybridized carbons (Fsp3) is 0.875. The number of rotatable bonds is 6. The van der Waals surface area contributed by atoms with Gasteiger partial charge >= 0.3 is 12.2 Å². The van der Waals surface area contributed by atoms with Gasteiger partial charge in [-0.15, -0.1) is 0 Å². The number of carbonyl (C=O) groups excluding carboxylic acids is 2. The molecule has 0 saturated carbocycles. The second-order valence-electron chi connectivity index (χ2n) is 7.32. The SMILES string of the molecule is CCC(CCCNC(=O)OC(C)(C)C)NC(=O)OC(C)(C)C. The second-order valence-corrected chi connectivity index (χ2v) is 7.32. The summed E-state index contributed by atoms with van der Waals surface area (Å²) in [4.78, 5) is 23.2. The van der Waals surface area contributed by atoms with Crippen molar-refractivity contribution in [2.45, 2.75) is 85.0 Å². The van der Waals surface area contributed by atoms with Crippen LogP contribution in [0.4, 0.5) is 9.59 Å². The highest BCUT2D eigenvalue weighted by Gasteiger charge is 2.19. The van der Waals surface area contributed by atoms with E-state index in [9.17, 15) is 9.59 Å². The summed E-state index contributed by atoms with van der Waals surface area (Å²) in [5, 5.41) is 5.55. The Hall–Kier alpha value is -1.46. The van der Waals surface area contributed by atoms with E-state index in [1.54, 1.807) is 0 Å². The van der Waals surface area contributed by atoms with Crippen molar-refractivity contribution in [3.8, 4) is 0 Å². The average Bonchev–Trinajstić information content (AvgIpc) is 2.28. The van der Waals surface area contributed by atoms with Crippen LogP contribution in [-0.2, 0) is 9.47 Å². The van der Waals surface area contributed by atoms with Gasteiger partial charge < -0.3 is 20.1 Å². The third kappa shape index (κ3) is 12.3. The van der Waals surface area contributed by atoms with Gasteiger partial charge in [0.15, 0.2) is 0 Å². The lowest BCUT2D eigenvalue weighted by Gasteiger charge is -2.23. The molecule has 0 radical (unpaired) electrons. The minimum Gasteiger partial charge on any atom is -0.444 e. The van der Waals surface area contributed by atoms with Crippen molar-refractivity contribution in [3.05, 3.63) is 0 Å². The zero-order valence-electron chi connectivity index (χ0n) is 15.0. The summed E-state index contributed by atoms with van der Waals surface area (Å²) in [6.45, 7) is 13.5. The summed E-state index contributed by atoms with van der Waals surface area (Å²) < 4.78 is 10.4. The van der Waals surface area contributed by atoms with Crippen molar-refractivity contribution in [1.82, 2.24) is 10.6 Å². The molecule has 1 unspecified atom stereocenters. The molecule has 1 atom stereocenters. The Labute approximate surface area is 134 Å². The van der Waals surface area contributed by atoms with E-state index in [0.717, 1.165) is 19.3 Å². The molecule has 0 aromatic carbocycles. The lowest BCUT2D eigenvalue weighted by molar-refractivity contribution is 0.0487. The monoisotopic (exact) mass is 316 g/mol. The van der Waals surface area contributed by atoms with Gasteiger partial charge in [-0.25, -0.2) is 9.59 Å². The average molecular weight is 316 g/mol. The van der Waals surface area contributed by atoms with Gasteiger partial charge in [0.1, 0.15) is 11.2 Å². The van der Waals surface area contributed by atoms with Crippen LogP contribution in [0.5, 0.6) is 0 Å². The van der Waals surface area contributed by atoms with Crippen LogP contribution in [0, 0.1) is 0 Å². The zero-order valence-corrected chi connectivity index (χ0v) is 15.0. The molecule has 2 N–H and O–H groups in total. The van der Waals surface area contributed by atoms with Crippen LogP contribution in [0.25, 0.3) is 0 Å². The van der Waals surface area contributed by atoms with Crippen molar-refractivity contribution in [1.29, 1.82) is 0 Å². The molecule has 0 rings (SSSR count). The third-order valence-corrected chi connectivity index (χ3v) is 2.61. The molecule has 130 valence electrons. The van der Waals surface area contributed by atoms with E-state index < -0.39 is 23.4 Å². The van der Waals surface area contributed by atoms with Gasteiger partial charge in [0.2, 0.25) is 0 Å². The summed E-state index contributed by atoms with van der Waals surface area (Å²) in [5.74, 6) is 0. The van der Waals surface area contributed by atoms with E-state index in [1.807, 2.05) is 48.5 Å². The lowest BCUT2D eigenvalue weighted by atomic mass is 10.1. The van der Waals surface area contributed by atoms with Crippen molar-refractivity contribution < 1.29 is 19.1 Å². The maximum absolute atomic E-state index is 11.7. The summed E-state index contributed by atoms with van der Waals surface area (Å²) in [7, 11) is 0. The van der Waals surface area contributed by atoms with Crippen LogP contribution in [0.15, 0.2) is 0 Å². The van der Waals surface area contributed by atoms with Crippen LogP contribution < -0.4 is 10.6 Å². The van der Waals surface area contributed by atoms with E-state index >= 15 is 0 Å². The van der Waals surface area contributed by atoms with Crippen LogP contribution in [0.2, 0.25) is 0 Å². The van der Waals surface area contributed by atoms with Gasteiger partial charge in [0.05, 0.1) is 0 Å². The Bertz CT molecular complexity index is 356. The molecule has 0 aliphatic heterocycles. The molecule has 0 bridgehead atoms. The molecule has 0 saturated heterocycles. The molecule has 0 aliphatic carbocycles. The van der Waals surface area contributed by atoms with Crippen LogP contribution in [0.3, 0.4) is 0 Å². The summed E-state index contributed by atoms with van der Waals surface area (Å²) in [6, 6.07) is 0.0373. The highest BCUT2D eigenvalue weighted by molar-refractivity contribution is 5.68. The van der Waals surface area contributed by atoms with Crippen molar-refractivity contribution in [2.75, 3.05) is 6.54 Å². The first-order valence-corrected chi connectivity index (χ1v) is 7.89.